The number of aromatic nitrogens is 2. The number of aryl methyl sites for hydroxylation is 1. The van der Waals surface area contributed by atoms with Crippen LogP contribution in [0, 0.1) is 0 Å². The van der Waals surface area contributed by atoms with Crippen LogP contribution in [0.5, 0.6) is 0 Å². The van der Waals surface area contributed by atoms with Crippen molar-refractivity contribution >= 4 is 11.6 Å². The fourth-order valence-electron chi connectivity index (χ4n) is 1.01. The highest BCUT2D eigenvalue weighted by molar-refractivity contribution is 6.29. The maximum atomic E-state index is 11.4. The van der Waals surface area contributed by atoms with Crippen LogP contribution in [0.3, 0.4) is 0 Å². The van der Waals surface area contributed by atoms with Crippen LogP contribution in [-0.2, 0) is 13.0 Å². The molecule has 1 aromatic rings. The Balaban J connectivity index is 2.90. The van der Waals surface area contributed by atoms with Crippen molar-refractivity contribution in [3.8, 4) is 0 Å². The molecule has 0 radical (unpaired) electrons. The average molecular weight is 213 g/mol. The van der Waals surface area contributed by atoms with Crippen LogP contribution in [0.1, 0.15) is 19.4 Å². The van der Waals surface area contributed by atoms with E-state index < -0.39 is 0 Å². The minimum absolute atomic E-state index is 0.0847. The summed E-state index contributed by atoms with van der Waals surface area (Å²) in [4.78, 5) is 11.4. The zero-order valence-corrected chi connectivity index (χ0v) is 9.08. The second kappa shape index (κ2) is 4.96. The first-order valence-corrected chi connectivity index (χ1v) is 4.89. The van der Waals surface area contributed by atoms with Crippen molar-refractivity contribution in [3.05, 3.63) is 39.3 Å². The predicted molar refractivity (Wildman–Crippen MR) is 57.5 cm³/mol. The number of halogens is 1. The Labute approximate surface area is 88.0 Å². The lowest BCUT2D eigenvalue weighted by Gasteiger charge is -2.01. The van der Waals surface area contributed by atoms with E-state index >= 15 is 0 Å². The minimum atomic E-state index is -0.0847. The second-order valence-corrected chi connectivity index (χ2v) is 3.62. The standard InChI is InChI=1S/C10H13ClN2O/c1-3-9-6-10(14)13(12-7-9)5-4-8(2)11/h4,6-7H,3,5H2,1-2H3/b8-4-. The van der Waals surface area contributed by atoms with Gasteiger partial charge in [-0.3, -0.25) is 4.79 Å². The smallest absolute Gasteiger partial charge is 0.267 e. The number of hydrogen-bond donors (Lipinski definition) is 0. The third-order valence-electron chi connectivity index (χ3n) is 1.88. The molecular weight excluding hydrogens is 200 g/mol. The van der Waals surface area contributed by atoms with Gasteiger partial charge in [-0.05, 0) is 25.0 Å². The summed E-state index contributed by atoms with van der Waals surface area (Å²) in [6.07, 6.45) is 4.29. The zero-order valence-electron chi connectivity index (χ0n) is 8.33. The van der Waals surface area contributed by atoms with Crippen LogP contribution in [0.15, 0.2) is 28.2 Å². The number of nitrogens with zero attached hydrogens (tertiary/aromatic N) is 2. The van der Waals surface area contributed by atoms with Gasteiger partial charge in [0, 0.05) is 11.1 Å². The summed E-state index contributed by atoms with van der Waals surface area (Å²) < 4.78 is 1.38. The highest BCUT2D eigenvalue weighted by Crippen LogP contribution is 1.98. The fourth-order valence-corrected chi connectivity index (χ4v) is 1.08. The SMILES string of the molecule is CCc1cnn(C/C=C(/C)Cl)c(=O)c1. The van der Waals surface area contributed by atoms with Crippen molar-refractivity contribution in [2.45, 2.75) is 26.8 Å². The van der Waals surface area contributed by atoms with Crippen molar-refractivity contribution in [2.75, 3.05) is 0 Å². The molecule has 0 atom stereocenters. The van der Waals surface area contributed by atoms with E-state index in [2.05, 4.69) is 5.10 Å². The summed E-state index contributed by atoms with van der Waals surface area (Å²) >= 11 is 5.66. The van der Waals surface area contributed by atoms with Gasteiger partial charge in [-0.25, -0.2) is 4.68 Å². The third kappa shape index (κ3) is 3.00. The Morgan fingerprint density at radius 1 is 1.71 bits per heavy atom. The number of rotatable bonds is 3. The molecule has 0 fully saturated rings. The number of allylic oxidation sites excluding steroid dienone is 2. The topological polar surface area (TPSA) is 34.9 Å². The number of hydrogen-bond acceptors (Lipinski definition) is 2. The highest BCUT2D eigenvalue weighted by Gasteiger charge is 1.96. The molecule has 4 heteroatoms. The molecule has 1 aromatic heterocycles. The van der Waals surface area contributed by atoms with Crippen LogP contribution >= 0.6 is 11.6 Å². The Morgan fingerprint density at radius 2 is 2.43 bits per heavy atom. The molecule has 0 saturated heterocycles. The van der Waals surface area contributed by atoms with Crippen LogP contribution < -0.4 is 5.56 Å². The van der Waals surface area contributed by atoms with E-state index in [1.807, 2.05) is 6.92 Å². The Bertz CT molecular complexity index is 391. The van der Waals surface area contributed by atoms with Gasteiger partial charge < -0.3 is 0 Å². The van der Waals surface area contributed by atoms with E-state index in [1.165, 1.54) is 4.68 Å². The monoisotopic (exact) mass is 212 g/mol. The van der Waals surface area contributed by atoms with Crippen LogP contribution in [0.25, 0.3) is 0 Å². The molecule has 0 bridgehead atoms. The van der Waals surface area contributed by atoms with Crippen molar-refractivity contribution in [3.63, 3.8) is 0 Å². The molecule has 0 aliphatic carbocycles. The molecule has 1 rings (SSSR count). The molecule has 0 N–H and O–H groups in total. The Kier molecular flexibility index (Phi) is 3.89. The van der Waals surface area contributed by atoms with E-state index in [9.17, 15) is 4.79 Å². The molecule has 76 valence electrons. The largest absolute Gasteiger partial charge is 0.268 e. The van der Waals surface area contributed by atoms with Crippen LogP contribution in [0.2, 0.25) is 0 Å². The molecule has 0 spiro atoms. The molecule has 1 heterocycles. The summed E-state index contributed by atoms with van der Waals surface area (Å²) in [6.45, 7) is 4.19. The van der Waals surface area contributed by atoms with Crippen molar-refractivity contribution in [1.29, 1.82) is 0 Å². The van der Waals surface area contributed by atoms with E-state index in [4.69, 9.17) is 11.6 Å². The van der Waals surface area contributed by atoms with Crippen LogP contribution in [0.4, 0.5) is 0 Å². The third-order valence-corrected chi connectivity index (χ3v) is 2.03. The Morgan fingerprint density at radius 3 is 2.93 bits per heavy atom. The fraction of sp³-hybridized carbons (Fsp3) is 0.400. The van der Waals surface area contributed by atoms with Crippen molar-refractivity contribution < 1.29 is 0 Å². The summed E-state index contributed by atoms with van der Waals surface area (Å²) in [5.74, 6) is 0. The maximum Gasteiger partial charge on any atom is 0.267 e. The van der Waals surface area contributed by atoms with Gasteiger partial charge in [-0.1, -0.05) is 18.5 Å². The molecule has 3 nitrogen and oxygen atoms in total. The molecule has 0 aliphatic rings. The van der Waals surface area contributed by atoms with Gasteiger partial charge in [0.2, 0.25) is 0 Å². The molecule has 0 aromatic carbocycles. The molecular formula is C10H13ClN2O. The normalized spacial score (nSPS) is 11.8. The van der Waals surface area contributed by atoms with Gasteiger partial charge in [-0.15, -0.1) is 0 Å². The first-order valence-electron chi connectivity index (χ1n) is 4.51. The summed E-state index contributed by atoms with van der Waals surface area (Å²) in [5.41, 5.74) is 0.872. The van der Waals surface area contributed by atoms with Gasteiger partial charge in [0.1, 0.15) is 0 Å². The highest BCUT2D eigenvalue weighted by atomic mass is 35.5. The van der Waals surface area contributed by atoms with Gasteiger partial charge in [0.15, 0.2) is 0 Å². The quantitative estimate of drug-likeness (QED) is 0.768. The predicted octanol–water partition coefficient (Wildman–Crippen LogP) is 1.95. The van der Waals surface area contributed by atoms with E-state index in [0.717, 1.165) is 12.0 Å². The summed E-state index contributed by atoms with van der Waals surface area (Å²) in [6, 6.07) is 1.60. The molecule has 14 heavy (non-hydrogen) atoms. The average Bonchev–Trinajstić information content (AvgIpc) is 2.15. The summed E-state index contributed by atoms with van der Waals surface area (Å²) in [7, 11) is 0. The van der Waals surface area contributed by atoms with Crippen molar-refractivity contribution in [2.24, 2.45) is 0 Å². The first kappa shape index (κ1) is 11.0. The lowest BCUT2D eigenvalue weighted by atomic mass is 10.2. The molecule has 0 unspecified atom stereocenters. The zero-order chi connectivity index (χ0) is 10.6. The molecule has 0 aliphatic heterocycles. The maximum absolute atomic E-state index is 11.4. The summed E-state index contributed by atoms with van der Waals surface area (Å²) in [5, 5.41) is 4.69. The van der Waals surface area contributed by atoms with Gasteiger partial charge in [0.25, 0.3) is 5.56 Å². The van der Waals surface area contributed by atoms with E-state index in [1.54, 1.807) is 25.3 Å². The first-order chi connectivity index (χ1) is 6.63. The van der Waals surface area contributed by atoms with Gasteiger partial charge in [-0.2, -0.15) is 5.10 Å². The minimum Gasteiger partial charge on any atom is -0.268 e. The Hall–Kier alpha value is -1.09. The van der Waals surface area contributed by atoms with E-state index in [-0.39, 0.29) is 5.56 Å². The lowest BCUT2D eigenvalue weighted by molar-refractivity contribution is 0.645. The molecule has 0 amide bonds. The lowest BCUT2D eigenvalue weighted by Crippen LogP contribution is -2.21. The second-order valence-electron chi connectivity index (χ2n) is 3.03. The van der Waals surface area contributed by atoms with Crippen LogP contribution in [-0.4, -0.2) is 9.78 Å². The van der Waals surface area contributed by atoms with Gasteiger partial charge >= 0.3 is 0 Å². The van der Waals surface area contributed by atoms with E-state index in [0.29, 0.717) is 11.6 Å². The van der Waals surface area contributed by atoms with Gasteiger partial charge in [0.05, 0.1) is 12.7 Å². The molecule has 0 saturated carbocycles. The van der Waals surface area contributed by atoms with Crippen molar-refractivity contribution in [1.82, 2.24) is 9.78 Å².